The van der Waals surface area contributed by atoms with Gasteiger partial charge in [-0.2, -0.15) is 0 Å². The van der Waals surface area contributed by atoms with Crippen molar-refractivity contribution in [1.29, 1.82) is 0 Å². The number of rotatable bonds is 14. The molecule has 2 atom stereocenters. The fraction of sp³-hybridized carbons (Fsp3) is 0.0833. The Morgan fingerprint density at radius 1 is 0.346 bits per heavy atom. The predicted molar refractivity (Wildman–Crippen MR) is 221 cm³/mol. The van der Waals surface area contributed by atoms with Crippen LogP contribution in [0.5, 0.6) is 0 Å². The van der Waals surface area contributed by atoms with Gasteiger partial charge >= 0.3 is 0 Å². The van der Waals surface area contributed by atoms with Crippen LogP contribution in [-0.4, -0.2) is 11.6 Å². The van der Waals surface area contributed by atoms with E-state index in [-0.39, 0.29) is 22.9 Å². The van der Waals surface area contributed by atoms with E-state index in [9.17, 15) is 9.59 Å². The highest BCUT2D eigenvalue weighted by Gasteiger charge is 2.32. The van der Waals surface area contributed by atoms with Gasteiger partial charge in [-0.25, -0.2) is 0 Å². The zero-order valence-corrected chi connectivity index (χ0v) is 30.7. The van der Waals surface area contributed by atoms with E-state index >= 15 is 0 Å². The van der Waals surface area contributed by atoms with Gasteiger partial charge in [0.2, 0.25) is 0 Å². The maximum atomic E-state index is 14.2. The van der Waals surface area contributed by atoms with Crippen LogP contribution in [-0.2, 0) is 0 Å². The molecule has 7 aromatic rings. The van der Waals surface area contributed by atoms with Crippen molar-refractivity contribution in [2.45, 2.75) is 24.2 Å². The summed E-state index contributed by atoms with van der Waals surface area (Å²) in [6, 6.07) is 70.7. The minimum absolute atomic E-state index is 0.0994. The Balaban J connectivity index is 1.39. The molecule has 0 radical (unpaired) electrons. The maximum Gasteiger partial charge on any atom is 0.163 e. The number of ketones is 2. The Kier molecular flexibility index (Phi) is 11.7. The molecule has 7 rings (SSSR count). The molecular weight excluding hydrogens is 670 g/mol. The first kappa shape index (κ1) is 35.2. The Morgan fingerprint density at radius 2 is 0.615 bits per heavy atom. The third kappa shape index (κ3) is 8.43. The molecule has 4 heteroatoms. The lowest BCUT2D eigenvalue weighted by molar-refractivity contribution is 0.0974. The van der Waals surface area contributed by atoms with Gasteiger partial charge < -0.3 is 0 Å². The molecule has 7 aromatic carbocycles. The van der Waals surface area contributed by atoms with Gasteiger partial charge in [-0.3, -0.25) is 9.59 Å². The van der Waals surface area contributed by atoms with E-state index in [1.807, 2.05) is 60.7 Å². The van der Waals surface area contributed by atoms with E-state index in [1.165, 1.54) is 21.2 Å². The Labute approximate surface area is 309 Å². The number of carbonyl (C=O) groups is 2. The summed E-state index contributed by atoms with van der Waals surface area (Å²) in [5.74, 6) is 0.254. The number of hydrogen-bond donors (Lipinski definition) is 0. The summed E-state index contributed by atoms with van der Waals surface area (Å²) in [5.41, 5.74) is 3.49. The Morgan fingerprint density at radius 3 is 0.904 bits per heavy atom. The highest BCUT2D eigenvalue weighted by atomic mass is 31.1. The average molecular weight is 711 g/mol. The van der Waals surface area contributed by atoms with Gasteiger partial charge in [-0.05, 0) is 48.2 Å². The molecule has 0 saturated carbocycles. The lowest BCUT2D eigenvalue weighted by atomic mass is 9.97. The molecule has 0 aromatic heterocycles. The average Bonchev–Trinajstić information content (AvgIpc) is 3.22. The molecule has 2 nitrogen and oxygen atoms in total. The Bertz CT molecular complexity index is 1940. The van der Waals surface area contributed by atoms with Gasteiger partial charge in [0.05, 0.1) is 0 Å². The topological polar surface area (TPSA) is 34.1 Å². The predicted octanol–water partition coefficient (Wildman–Crippen LogP) is 10.6. The van der Waals surface area contributed by atoms with E-state index in [2.05, 4.69) is 146 Å². The third-order valence-electron chi connectivity index (χ3n) is 9.39. The summed E-state index contributed by atoms with van der Waals surface area (Å²) >= 11 is 0. The van der Waals surface area contributed by atoms with Gasteiger partial charge in [0, 0.05) is 35.3 Å². The Hall–Kier alpha value is -5.26. The van der Waals surface area contributed by atoms with Crippen molar-refractivity contribution >= 4 is 48.6 Å². The summed E-state index contributed by atoms with van der Waals surface area (Å²) in [7, 11) is -1.97. The number of hydrogen-bond acceptors (Lipinski definition) is 2. The smallest absolute Gasteiger partial charge is 0.163 e. The quantitative estimate of drug-likeness (QED) is 0.0832. The van der Waals surface area contributed by atoms with Crippen molar-refractivity contribution < 1.29 is 9.59 Å². The molecule has 0 heterocycles. The van der Waals surface area contributed by atoms with E-state index in [0.717, 1.165) is 22.3 Å². The molecule has 0 saturated heterocycles. The molecule has 0 fully saturated rings. The van der Waals surface area contributed by atoms with Crippen LogP contribution in [0.4, 0.5) is 0 Å². The molecule has 0 aliphatic carbocycles. The number of benzene rings is 7. The second-order valence-electron chi connectivity index (χ2n) is 12.8. The van der Waals surface area contributed by atoms with Crippen LogP contribution in [0.2, 0.25) is 0 Å². The van der Waals surface area contributed by atoms with Crippen LogP contribution >= 0.6 is 15.8 Å². The molecule has 0 aliphatic heterocycles. The normalized spacial score (nSPS) is 12.3. The first-order chi connectivity index (χ1) is 25.7. The van der Waals surface area contributed by atoms with E-state index in [1.54, 1.807) is 0 Å². The molecular formula is C48H40O2P2. The molecule has 254 valence electrons. The minimum atomic E-state index is -0.983. The SMILES string of the molecule is O=C(C[C@@H](c1cccc([C@H](CC(=O)c2ccccc2)P(c2ccccc2)c2ccccc2)c1)P(c1ccccc1)c1ccccc1)c1ccccc1. The highest BCUT2D eigenvalue weighted by Crippen LogP contribution is 2.55. The van der Waals surface area contributed by atoms with Crippen LogP contribution in [0.1, 0.15) is 56.0 Å². The standard InChI is InChI=1S/C48H40O2P2/c49-45(37-20-7-1-8-21-37)35-47(51(41-26-11-3-12-27-41)42-28-13-4-14-29-42)39-24-19-25-40(34-39)48(36-46(50)38-22-9-2-10-23-38)52(43-30-15-5-16-31-43)44-32-17-6-18-33-44/h1-34,47-48H,35-36H2/t47-,48-/m0/s1. The molecule has 0 bridgehead atoms. The molecule has 0 aliphatic rings. The van der Waals surface area contributed by atoms with Crippen molar-refractivity contribution in [1.82, 2.24) is 0 Å². The van der Waals surface area contributed by atoms with E-state index < -0.39 is 15.8 Å². The van der Waals surface area contributed by atoms with Crippen LogP contribution < -0.4 is 21.2 Å². The minimum Gasteiger partial charge on any atom is -0.294 e. The molecule has 0 spiro atoms. The molecule has 0 N–H and O–H groups in total. The van der Waals surface area contributed by atoms with Crippen LogP contribution in [0.15, 0.2) is 206 Å². The van der Waals surface area contributed by atoms with Gasteiger partial charge in [0.25, 0.3) is 0 Å². The summed E-state index contributed by atoms with van der Waals surface area (Å²) in [4.78, 5) is 28.3. The lowest BCUT2D eigenvalue weighted by Gasteiger charge is -2.32. The number of carbonyl (C=O) groups excluding carboxylic acids is 2. The summed E-state index contributed by atoms with van der Waals surface area (Å²) in [6.07, 6.45) is 0.728. The first-order valence-corrected chi connectivity index (χ1v) is 20.5. The zero-order valence-electron chi connectivity index (χ0n) is 28.9. The molecule has 0 amide bonds. The second kappa shape index (κ2) is 17.3. The van der Waals surface area contributed by atoms with Crippen molar-refractivity contribution in [2.24, 2.45) is 0 Å². The van der Waals surface area contributed by atoms with Gasteiger partial charge in [0.1, 0.15) is 0 Å². The van der Waals surface area contributed by atoms with Gasteiger partial charge in [0.15, 0.2) is 11.6 Å². The number of Topliss-reactive ketones (excluding diaryl/α,β-unsaturated/α-hetero) is 2. The van der Waals surface area contributed by atoms with Crippen molar-refractivity contribution in [3.63, 3.8) is 0 Å². The van der Waals surface area contributed by atoms with Crippen LogP contribution in [0, 0.1) is 0 Å². The molecule has 0 unspecified atom stereocenters. The summed E-state index contributed by atoms with van der Waals surface area (Å²) in [6.45, 7) is 0. The lowest BCUT2D eigenvalue weighted by Crippen LogP contribution is -2.21. The van der Waals surface area contributed by atoms with Crippen LogP contribution in [0.25, 0.3) is 0 Å². The van der Waals surface area contributed by atoms with Gasteiger partial charge in [-0.1, -0.05) is 206 Å². The fourth-order valence-corrected chi connectivity index (χ4v) is 12.5. The summed E-state index contributed by atoms with van der Waals surface area (Å²) < 4.78 is 0. The fourth-order valence-electron chi connectivity index (χ4n) is 6.90. The molecule has 52 heavy (non-hydrogen) atoms. The van der Waals surface area contributed by atoms with Crippen LogP contribution in [0.3, 0.4) is 0 Å². The van der Waals surface area contributed by atoms with Gasteiger partial charge in [-0.15, -0.1) is 0 Å². The second-order valence-corrected chi connectivity index (χ2v) is 17.6. The van der Waals surface area contributed by atoms with E-state index in [0.29, 0.717) is 12.8 Å². The monoisotopic (exact) mass is 710 g/mol. The van der Waals surface area contributed by atoms with Crippen molar-refractivity contribution in [3.05, 3.63) is 229 Å². The van der Waals surface area contributed by atoms with Crippen molar-refractivity contribution in [3.8, 4) is 0 Å². The first-order valence-electron chi connectivity index (χ1n) is 17.7. The largest absolute Gasteiger partial charge is 0.294 e. The van der Waals surface area contributed by atoms with E-state index in [4.69, 9.17) is 0 Å². The summed E-state index contributed by atoms with van der Waals surface area (Å²) in [5, 5.41) is 4.91. The third-order valence-corrected chi connectivity index (χ3v) is 15.0. The highest BCUT2D eigenvalue weighted by molar-refractivity contribution is 7.73. The van der Waals surface area contributed by atoms with Crippen molar-refractivity contribution in [2.75, 3.05) is 0 Å². The maximum absolute atomic E-state index is 14.2. The zero-order chi connectivity index (χ0) is 35.5.